The van der Waals surface area contributed by atoms with Crippen molar-refractivity contribution in [2.75, 3.05) is 11.5 Å². The van der Waals surface area contributed by atoms with Crippen LogP contribution in [-0.2, 0) is 0 Å². The summed E-state index contributed by atoms with van der Waals surface area (Å²) in [5, 5.41) is 21.9. The molecule has 116 valence electrons. The van der Waals surface area contributed by atoms with Crippen molar-refractivity contribution in [2.24, 2.45) is 0 Å². The van der Waals surface area contributed by atoms with E-state index in [1.54, 1.807) is 0 Å². The summed E-state index contributed by atoms with van der Waals surface area (Å²) in [5.74, 6) is 0.517. The van der Waals surface area contributed by atoms with Crippen molar-refractivity contribution in [2.45, 2.75) is 37.8 Å². The van der Waals surface area contributed by atoms with E-state index in [9.17, 15) is 5.11 Å². The first kappa shape index (κ1) is 14.6. The third kappa shape index (κ3) is 2.57. The first-order chi connectivity index (χ1) is 10.6. The molecule has 6 heteroatoms. The van der Waals surface area contributed by atoms with Gasteiger partial charge in [0, 0.05) is 17.5 Å². The molecule has 6 nitrogen and oxygen atoms in total. The summed E-state index contributed by atoms with van der Waals surface area (Å²) >= 11 is 0. The van der Waals surface area contributed by atoms with Gasteiger partial charge in [0.05, 0.1) is 17.7 Å². The van der Waals surface area contributed by atoms with Crippen LogP contribution in [0, 0.1) is 5.41 Å². The summed E-state index contributed by atoms with van der Waals surface area (Å²) in [6, 6.07) is 7.59. The minimum absolute atomic E-state index is 0.185. The third-order valence-corrected chi connectivity index (χ3v) is 4.33. The smallest absolute Gasteiger partial charge is 0.131 e. The van der Waals surface area contributed by atoms with Crippen molar-refractivity contribution in [1.29, 1.82) is 5.41 Å². The second kappa shape index (κ2) is 5.81. The number of nitrogens with one attached hydrogen (secondary N) is 1. The fourth-order valence-electron chi connectivity index (χ4n) is 3.04. The average Bonchev–Trinajstić information content (AvgIpc) is 2.85. The zero-order chi connectivity index (χ0) is 15.7. The molecule has 6 N–H and O–H groups in total. The van der Waals surface area contributed by atoms with Crippen molar-refractivity contribution in [3.63, 3.8) is 0 Å². The maximum absolute atomic E-state index is 9.64. The molecule has 0 bridgehead atoms. The Morgan fingerprint density at radius 3 is 2.36 bits per heavy atom. The molecule has 0 unspecified atom stereocenters. The Hall–Kier alpha value is -2.34. The molecule has 1 aromatic heterocycles. The third-order valence-electron chi connectivity index (χ3n) is 4.33. The normalized spacial score (nSPS) is 21.7. The van der Waals surface area contributed by atoms with Gasteiger partial charge >= 0.3 is 0 Å². The molecule has 0 aliphatic heterocycles. The van der Waals surface area contributed by atoms with Crippen molar-refractivity contribution >= 4 is 17.7 Å². The number of nitrogens with two attached hydrogens (primary N) is 2. The van der Waals surface area contributed by atoms with Gasteiger partial charge in [0.2, 0.25) is 0 Å². The first-order valence-electron chi connectivity index (χ1n) is 7.52. The van der Waals surface area contributed by atoms with Gasteiger partial charge in [-0.05, 0) is 37.8 Å². The summed E-state index contributed by atoms with van der Waals surface area (Å²) in [6.45, 7) is 0. The second-order valence-corrected chi connectivity index (χ2v) is 5.82. The number of rotatable bonds is 3. The molecule has 1 heterocycles. The van der Waals surface area contributed by atoms with Crippen LogP contribution in [0.4, 0.5) is 11.5 Å². The molecule has 3 rings (SSSR count). The highest BCUT2D eigenvalue weighted by Crippen LogP contribution is 2.34. The number of hydrogen-bond acceptors (Lipinski definition) is 5. The molecule has 2 aromatic rings. The largest absolute Gasteiger partial charge is 0.399 e. The summed E-state index contributed by atoms with van der Waals surface area (Å²) in [6.07, 6.45) is 4.27. The van der Waals surface area contributed by atoms with Gasteiger partial charge < -0.3 is 22.0 Å². The SMILES string of the molecule is N=Cc1c(-c2ccc(N)cc2)nn(C2CCC(O)CC2)c1N. The zero-order valence-corrected chi connectivity index (χ0v) is 12.4. The van der Waals surface area contributed by atoms with E-state index in [-0.39, 0.29) is 12.1 Å². The lowest BCUT2D eigenvalue weighted by molar-refractivity contribution is 0.108. The van der Waals surface area contributed by atoms with Crippen LogP contribution in [-0.4, -0.2) is 27.2 Å². The molecule has 0 amide bonds. The van der Waals surface area contributed by atoms with Crippen molar-refractivity contribution in [3.8, 4) is 11.3 Å². The molecule has 1 saturated carbocycles. The maximum Gasteiger partial charge on any atom is 0.131 e. The Morgan fingerprint density at radius 1 is 1.14 bits per heavy atom. The first-order valence-corrected chi connectivity index (χ1v) is 7.52. The molecule has 0 atom stereocenters. The van der Waals surface area contributed by atoms with Gasteiger partial charge in [-0.3, -0.25) is 0 Å². The van der Waals surface area contributed by atoms with Crippen LogP contribution in [0.3, 0.4) is 0 Å². The van der Waals surface area contributed by atoms with E-state index in [4.69, 9.17) is 16.9 Å². The summed E-state index contributed by atoms with van der Waals surface area (Å²) in [4.78, 5) is 0. The summed E-state index contributed by atoms with van der Waals surface area (Å²) in [5.41, 5.74) is 14.9. The van der Waals surface area contributed by atoms with Gasteiger partial charge in [0.1, 0.15) is 11.5 Å². The van der Waals surface area contributed by atoms with Crippen molar-refractivity contribution < 1.29 is 5.11 Å². The zero-order valence-electron chi connectivity index (χ0n) is 12.4. The molecule has 0 spiro atoms. The number of aliphatic hydroxyl groups excluding tert-OH is 1. The van der Waals surface area contributed by atoms with E-state index in [0.29, 0.717) is 22.8 Å². The summed E-state index contributed by atoms with van der Waals surface area (Å²) in [7, 11) is 0. The van der Waals surface area contributed by atoms with Crippen molar-refractivity contribution in [1.82, 2.24) is 9.78 Å². The van der Waals surface area contributed by atoms with E-state index >= 15 is 0 Å². The molecular weight excluding hydrogens is 278 g/mol. The van der Waals surface area contributed by atoms with Crippen LogP contribution >= 0.6 is 0 Å². The Kier molecular flexibility index (Phi) is 3.85. The second-order valence-electron chi connectivity index (χ2n) is 5.82. The van der Waals surface area contributed by atoms with Gasteiger partial charge in [-0.25, -0.2) is 4.68 Å². The fraction of sp³-hybridized carbons (Fsp3) is 0.375. The van der Waals surface area contributed by atoms with Crippen LogP contribution in [0.15, 0.2) is 24.3 Å². The number of aromatic nitrogens is 2. The lowest BCUT2D eigenvalue weighted by atomic mass is 9.93. The number of anilines is 2. The Labute approximate surface area is 129 Å². The number of nitrogens with zero attached hydrogens (tertiary/aromatic N) is 2. The minimum Gasteiger partial charge on any atom is -0.399 e. The van der Waals surface area contributed by atoms with Gasteiger partial charge in [0.25, 0.3) is 0 Å². The molecule has 1 aliphatic rings. The van der Waals surface area contributed by atoms with Crippen LogP contribution < -0.4 is 11.5 Å². The number of benzene rings is 1. The average molecular weight is 299 g/mol. The molecular formula is C16H21N5O. The minimum atomic E-state index is -0.216. The topological polar surface area (TPSA) is 114 Å². The van der Waals surface area contributed by atoms with Gasteiger partial charge in [-0.15, -0.1) is 0 Å². The molecule has 0 saturated heterocycles. The van der Waals surface area contributed by atoms with E-state index in [2.05, 4.69) is 5.10 Å². The number of aliphatic hydroxyl groups is 1. The molecule has 1 fully saturated rings. The predicted molar refractivity (Wildman–Crippen MR) is 87.9 cm³/mol. The highest BCUT2D eigenvalue weighted by Gasteiger charge is 2.25. The predicted octanol–water partition coefficient (Wildman–Crippen LogP) is 2.19. The van der Waals surface area contributed by atoms with E-state index in [0.717, 1.165) is 31.2 Å². The maximum atomic E-state index is 9.64. The highest BCUT2D eigenvalue weighted by atomic mass is 16.3. The summed E-state index contributed by atoms with van der Waals surface area (Å²) < 4.78 is 1.82. The van der Waals surface area contributed by atoms with Gasteiger partial charge in [-0.1, -0.05) is 12.1 Å². The lowest BCUT2D eigenvalue weighted by Gasteiger charge is -2.26. The Balaban J connectivity index is 1.99. The Morgan fingerprint density at radius 2 is 1.77 bits per heavy atom. The Bertz CT molecular complexity index is 669. The van der Waals surface area contributed by atoms with Gasteiger partial charge in [0.15, 0.2) is 0 Å². The lowest BCUT2D eigenvalue weighted by Crippen LogP contribution is -2.22. The van der Waals surface area contributed by atoms with E-state index in [1.807, 2.05) is 28.9 Å². The molecule has 0 radical (unpaired) electrons. The van der Waals surface area contributed by atoms with E-state index < -0.39 is 0 Å². The van der Waals surface area contributed by atoms with Crippen molar-refractivity contribution in [3.05, 3.63) is 29.8 Å². The highest BCUT2D eigenvalue weighted by molar-refractivity contribution is 5.93. The molecule has 22 heavy (non-hydrogen) atoms. The fourth-order valence-corrected chi connectivity index (χ4v) is 3.04. The van der Waals surface area contributed by atoms with Crippen LogP contribution in [0.25, 0.3) is 11.3 Å². The standard InChI is InChI=1S/C16H21N5O/c17-9-14-15(10-1-3-11(18)4-2-10)20-21(16(14)19)12-5-7-13(22)8-6-12/h1-4,9,12-13,17,22H,5-8,18-19H2. The van der Waals surface area contributed by atoms with Crippen LogP contribution in [0.1, 0.15) is 37.3 Å². The van der Waals surface area contributed by atoms with Crippen LogP contribution in [0.2, 0.25) is 0 Å². The van der Waals surface area contributed by atoms with E-state index in [1.165, 1.54) is 6.21 Å². The number of hydrogen-bond donors (Lipinski definition) is 4. The molecule has 1 aromatic carbocycles. The van der Waals surface area contributed by atoms with Crippen LogP contribution in [0.5, 0.6) is 0 Å². The number of nitrogen functional groups attached to an aromatic ring is 2. The monoisotopic (exact) mass is 299 g/mol. The van der Waals surface area contributed by atoms with Gasteiger partial charge in [-0.2, -0.15) is 5.10 Å². The molecule has 1 aliphatic carbocycles. The quantitative estimate of drug-likeness (QED) is 0.513.